The third-order valence-corrected chi connectivity index (χ3v) is 5.43. The molecule has 116 valence electrons. The molecule has 2 aliphatic heterocycles. The molecule has 2 N–H and O–H groups in total. The van der Waals surface area contributed by atoms with Gasteiger partial charge in [0, 0.05) is 11.6 Å². The van der Waals surface area contributed by atoms with Crippen molar-refractivity contribution in [2.24, 2.45) is 0 Å². The highest BCUT2D eigenvalue weighted by atomic mass is 16.4. The maximum absolute atomic E-state index is 12.5. The molecule has 2 bridgehead atoms. The lowest BCUT2D eigenvalue weighted by molar-refractivity contribution is 0.0921. The van der Waals surface area contributed by atoms with Gasteiger partial charge >= 0.3 is 6.09 Å². The van der Waals surface area contributed by atoms with Crippen LogP contribution in [-0.4, -0.2) is 40.1 Å². The van der Waals surface area contributed by atoms with Gasteiger partial charge in [0.1, 0.15) is 0 Å². The lowest BCUT2D eigenvalue weighted by atomic mass is 9.95. The molecule has 0 aromatic heterocycles. The summed E-state index contributed by atoms with van der Waals surface area (Å²) in [7, 11) is 0. The first kappa shape index (κ1) is 13.6. The summed E-state index contributed by atoms with van der Waals surface area (Å²) in [5, 5.41) is 12.3. The number of hydrogen-bond donors (Lipinski definition) is 2. The molecular weight excluding hydrogens is 280 g/mol. The number of hydrogen-bond acceptors (Lipinski definition) is 2. The van der Waals surface area contributed by atoms with Crippen molar-refractivity contribution in [3.63, 3.8) is 0 Å². The number of aryl methyl sites for hydroxylation is 2. The van der Waals surface area contributed by atoms with Gasteiger partial charge in [-0.15, -0.1) is 0 Å². The Morgan fingerprint density at radius 1 is 1.18 bits per heavy atom. The topological polar surface area (TPSA) is 69.6 Å². The lowest BCUT2D eigenvalue weighted by Crippen LogP contribution is -2.45. The van der Waals surface area contributed by atoms with E-state index in [-0.39, 0.29) is 24.0 Å². The van der Waals surface area contributed by atoms with Crippen molar-refractivity contribution in [2.75, 3.05) is 0 Å². The van der Waals surface area contributed by atoms with Crippen LogP contribution < -0.4 is 5.32 Å². The smallest absolute Gasteiger partial charge is 0.407 e. The van der Waals surface area contributed by atoms with Crippen molar-refractivity contribution in [3.8, 4) is 0 Å². The van der Waals surface area contributed by atoms with Crippen LogP contribution in [-0.2, 0) is 12.8 Å². The monoisotopic (exact) mass is 300 g/mol. The highest BCUT2D eigenvalue weighted by molar-refractivity contribution is 5.94. The van der Waals surface area contributed by atoms with E-state index in [1.807, 2.05) is 12.1 Å². The zero-order valence-electron chi connectivity index (χ0n) is 12.4. The summed E-state index contributed by atoms with van der Waals surface area (Å²) in [6.07, 6.45) is 4.98. The quantitative estimate of drug-likeness (QED) is 0.879. The fourth-order valence-corrected chi connectivity index (χ4v) is 4.41. The van der Waals surface area contributed by atoms with Crippen molar-refractivity contribution in [1.29, 1.82) is 0 Å². The first-order valence-corrected chi connectivity index (χ1v) is 8.07. The maximum Gasteiger partial charge on any atom is 0.407 e. The van der Waals surface area contributed by atoms with Crippen LogP contribution >= 0.6 is 0 Å². The van der Waals surface area contributed by atoms with E-state index in [4.69, 9.17) is 0 Å². The Bertz CT molecular complexity index is 643. The summed E-state index contributed by atoms with van der Waals surface area (Å²) >= 11 is 0. The predicted molar refractivity (Wildman–Crippen MR) is 81.0 cm³/mol. The van der Waals surface area contributed by atoms with Gasteiger partial charge in [-0.25, -0.2) is 4.79 Å². The van der Waals surface area contributed by atoms with Crippen LogP contribution in [0.25, 0.3) is 0 Å². The average Bonchev–Trinajstić information content (AvgIpc) is 3.19. The Morgan fingerprint density at radius 2 is 2.00 bits per heavy atom. The molecule has 3 aliphatic rings. The largest absolute Gasteiger partial charge is 0.465 e. The number of benzene rings is 1. The summed E-state index contributed by atoms with van der Waals surface area (Å²) < 4.78 is 0. The van der Waals surface area contributed by atoms with E-state index >= 15 is 0 Å². The Morgan fingerprint density at radius 3 is 2.77 bits per heavy atom. The Hall–Kier alpha value is -2.04. The van der Waals surface area contributed by atoms with E-state index in [0.717, 1.165) is 32.1 Å². The molecule has 0 unspecified atom stereocenters. The van der Waals surface area contributed by atoms with Crippen LogP contribution in [0.5, 0.6) is 0 Å². The van der Waals surface area contributed by atoms with Crippen LogP contribution in [0, 0.1) is 0 Å². The predicted octanol–water partition coefficient (Wildman–Crippen LogP) is 2.19. The third-order valence-electron chi connectivity index (χ3n) is 5.43. The van der Waals surface area contributed by atoms with Gasteiger partial charge in [0.05, 0.1) is 12.1 Å². The number of amides is 2. The number of carboxylic acid groups (broad SMARTS) is 1. The number of rotatable bonds is 2. The lowest BCUT2D eigenvalue weighted by Gasteiger charge is -2.23. The number of nitrogens with one attached hydrogen (secondary N) is 1. The van der Waals surface area contributed by atoms with E-state index in [1.54, 1.807) is 0 Å². The van der Waals surface area contributed by atoms with Crippen molar-refractivity contribution in [3.05, 3.63) is 34.9 Å². The minimum atomic E-state index is -0.859. The van der Waals surface area contributed by atoms with Crippen LogP contribution in [0.4, 0.5) is 4.79 Å². The second-order valence-corrected chi connectivity index (χ2v) is 6.64. The molecule has 1 aromatic rings. The van der Waals surface area contributed by atoms with Gasteiger partial charge in [-0.1, -0.05) is 6.07 Å². The molecule has 1 aromatic carbocycles. The van der Waals surface area contributed by atoms with Gasteiger partial charge in [0.15, 0.2) is 0 Å². The number of nitrogens with zero attached hydrogens (tertiary/aromatic N) is 1. The fourth-order valence-electron chi connectivity index (χ4n) is 4.41. The Balaban J connectivity index is 1.48. The summed E-state index contributed by atoms with van der Waals surface area (Å²) in [6, 6.07) is 5.92. The van der Waals surface area contributed by atoms with Crippen LogP contribution in [0.1, 0.15) is 47.2 Å². The highest BCUT2D eigenvalue weighted by Crippen LogP contribution is 2.37. The standard InChI is InChI=1S/C17H20N2O3/c20-16(12-5-4-10-2-1-3-11(10)8-12)18-14-9-13-6-7-15(14)19(13)17(21)22/h4-5,8,13-15H,1-3,6-7,9H2,(H,18,20)(H,21,22)/t13-,14-,15+/m0/s1. The molecular formula is C17H20N2O3. The normalized spacial score (nSPS) is 28.7. The number of fused-ring (bicyclic) bond motifs is 3. The highest BCUT2D eigenvalue weighted by Gasteiger charge is 2.49. The van der Waals surface area contributed by atoms with E-state index in [1.165, 1.54) is 22.4 Å². The van der Waals surface area contributed by atoms with Gasteiger partial charge in [0.2, 0.25) is 0 Å². The molecule has 22 heavy (non-hydrogen) atoms. The molecule has 0 spiro atoms. The van der Waals surface area contributed by atoms with Gasteiger partial charge in [0.25, 0.3) is 5.91 Å². The number of carbonyl (C=O) groups excluding carboxylic acids is 1. The first-order chi connectivity index (χ1) is 10.6. The molecule has 5 nitrogen and oxygen atoms in total. The molecule has 4 rings (SSSR count). The zero-order chi connectivity index (χ0) is 15.3. The molecule has 3 atom stereocenters. The second-order valence-electron chi connectivity index (χ2n) is 6.64. The summed E-state index contributed by atoms with van der Waals surface area (Å²) in [6.45, 7) is 0. The van der Waals surface area contributed by atoms with E-state index in [0.29, 0.717) is 5.56 Å². The summed E-state index contributed by atoms with van der Waals surface area (Å²) in [5.74, 6) is -0.0717. The molecule has 2 fully saturated rings. The van der Waals surface area contributed by atoms with E-state index in [2.05, 4.69) is 11.4 Å². The minimum Gasteiger partial charge on any atom is -0.465 e. The third kappa shape index (κ3) is 2.07. The summed E-state index contributed by atoms with van der Waals surface area (Å²) in [5.41, 5.74) is 3.34. The molecule has 5 heteroatoms. The van der Waals surface area contributed by atoms with Crippen molar-refractivity contribution in [2.45, 2.75) is 56.7 Å². The fraction of sp³-hybridized carbons (Fsp3) is 0.529. The zero-order valence-corrected chi connectivity index (χ0v) is 12.4. The van der Waals surface area contributed by atoms with Crippen molar-refractivity contribution >= 4 is 12.0 Å². The van der Waals surface area contributed by atoms with Gasteiger partial charge in [-0.2, -0.15) is 0 Å². The van der Waals surface area contributed by atoms with Crippen LogP contribution in [0.3, 0.4) is 0 Å². The Labute approximate surface area is 129 Å². The molecule has 1 aliphatic carbocycles. The van der Waals surface area contributed by atoms with Crippen molar-refractivity contribution < 1.29 is 14.7 Å². The molecule has 0 saturated carbocycles. The van der Waals surface area contributed by atoms with Gasteiger partial charge < -0.3 is 15.3 Å². The molecule has 2 heterocycles. The number of carbonyl (C=O) groups is 2. The van der Waals surface area contributed by atoms with Gasteiger partial charge in [-0.05, 0) is 61.8 Å². The minimum absolute atomic E-state index is 0.0457. The first-order valence-electron chi connectivity index (χ1n) is 8.07. The Kier molecular flexibility index (Phi) is 3.10. The van der Waals surface area contributed by atoms with Crippen molar-refractivity contribution in [1.82, 2.24) is 10.2 Å². The molecule has 2 saturated heterocycles. The maximum atomic E-state index is 12.5. The van der Waals surface area contributed by atoms with E-state index in [9.17, 15) is 14.7 Å². The second kappa shape index (κ2) is 5.00. The summed E-state index contributed by atoms with van der Waals surface area (Å²) in [4.78, 5) is 25.3. The molecule has 0 radical (unpaired) electrons. The SMILES string of the molecule is O=C(N[C@H]1C[C@@H]2CC[C@H]1N2C(=O)O)c1ccc2c(c1)CCC2. The van der Waals surface area contributed by atoms with E-state index < -0.39 is 6.09 Å². The van der Waals surface area contributed by atoms with Crippen LogP contribution in [0.15, 0.2) is 18.2 Å². The average molecular weight is 300 g/mol. The van der Waals surface area contributed by atoms with Crippen LogP contribution in [0.2, 0.25) is 0 Å². The van der Waals surface area contributed by atoms with Gasteiger partial charge in [-0.3, -0.25) is 4.79 Å². The molecule has 2 amide bonds.